The van der Waals surface area contributed by atoms with Crippen molar-refractivity contribution < 1.29 is 19.1 Å². The Hall–Kier alpha value is -3.65. The van der Waals surface area contributed by atoms with Gasteiger partial charge in [0.15, 0.2) is 5.84 Å². The van der Waals surface area contributed by atoms with Gasteiger partial charge in [-0.2, -0.15) is 0 Å². The van der Waals surface area contributed by atoms with E-state index in [1.807, 2.05) is 52.9 Å². The molecule has 1 atom stereocenters. The number of oxime groups is 1. The second-order valence-corrected chi connectivity index (χ2v) is 8.18. The number of imidazole rings is 1. The van der Waals surface area contributed by atoms with Gasteiger partial charge >= 0.3 is 0 Å². The number of hydrogen-bond acceptors (Lipinski definition) is 6. The Labute approximate surface area is 198 Å². The van der Waals surface area contributed by atoms with E-state index in [1.165, 1.54) is 12.1 Å². The number of benzene rings is 2. The molecule has 0 bridgehead atoms. The number of hydrogen-bond donors (Lipinski definition) is 1. The molecule has 0 aliphatic carbocycles. The normalized spacial score (nSPS) is 17.8. The van der Waals surface area contributed by atoms with Crippen molar-refractivity contribution in [3.63, 3.8) is 0 Å². The third kappa shape index (κ3) is 4.54. The van der Waals surface area contributed by atoms with E-state index in [-0.39, 0.29) is 12.4 Å². The van der Waals surface area contributed by atoms with E-state index >= 15 is 0 Å². The molecule has 2 aromatic carbocycles. The van der Waals surface area contributed by atoms with Gasteiger partial charge in [0.25, 0.3) is 5.72 Å². The third-order valence-electron chi connectivity index (χ3n) is 5.87. The Balaban J connectivity index is 1.62. The average Bonchev–Trinajstić information content (AvgIpc) is 3.45. The minimum absolute atomic E-state index is 0.323. The predicted octanol–water partition coefficient (Wildman–Crippen LogP) is 4.63. The van der Waals surface area contributed by atoms with Crippen LogP contribution < -0.4 is 4.74 Å². The summed E-state index contributed by atoms with van der Waals surface area (Å²) in [5.74, 6) is 0.947. The van der Waals surface area contributed by atoms with Gasteiger partial charge in [0.2, 0.25) is 0 Å². The van der Waals surface area contributed by atoms with Crippen LogP contribution in [0.2, 0.25) is 0 Å². The topological polar surface area (TPSA) is 72.1 Å². The maximum absolute atomic E-state index is 13.5. The zero-order valence-corrected chi connectivity index (χ0v) is 19.6. The van der Waals surface area contributed by atoms with Crippen LogP contribution in [0.4, 0.5) is 4.39 Å². The lowest BCUT2D eigenvalue weighted by molar-refractivity contribution is -0.136. The molecule has 0 spiro atoms. The summed E-state index contributed by atoms with van der Waals surface area (Å²) in [5, 5.41) is 14.6. The molecule has 178 valence electrons. The lowest BCUT2D eigenvalue weighted by Crippen LogP contribution is -2.49. The van der Waals surface area contributed by atoms with Crippen LogP contribution >= 0.6 is 0 Å². The van der Waals surface area contributed by atoms with Crippen molar-refractivity contribution in [1.82, 2.24) is 14.5 Å². The number of ether oxygens (including phenoxy) is 1. The van der Waals surface area contributed by atoms with Crippen LogP contribution in [0.5, 0.6) is 5.75 Å². The molecule has 8 heteroatoms. The van der Waals surface area contributed by atoms with Gasteiger partial charge in [-0.15, -0.1) is 0 Å². The van der Waals surface area contributed by atoms with Gasteiger partial charge in [0.05, 0.1) is 24.8 Å². The Morgan fingerprint density at radius 1 is 1.18 bits per heavy atom. The van der Waals surface area contributed by atoms with Crippen molar-refractivity contribution in [2.75, 3.05) is 20.3 Å². The highest BCUT2D eigenvalue weighted by atomic mass is 19.1. The number of aromatic nitrogens is 2. The van der Waals surface area contributed by atoms with Gasteiger partial charge < -0.3 is 24.1 Å². The van der Waals surface area contributed by atoms with Crippen LogP contribution in [0.15, 0.2) is 66.2 Å². The van der Waals surface area contributed by atoms with E-state index in [1.54, 1.807) is 25.6 Å². The Kier molecular flexibility index (Phi) is 6.98. The Bertz CT molecular complexity index is 1190. The number of methoxy groups -OCH3 is 1. The summed E-state index contributed by atoms with van der Waals surface area (Å²) in [6.07, 6.45) is 9.31. The molecule has 1 unspecified atom stereocenters. The first kappa shape index (κ1) is 23.5. The van der Waals surface area contributed by atoms with Gasteiger partial charge in [-0.25, -0.2) is 9.37 Å². The Morgan fingerprint density at radius 3 is 2.62 bits per heavy atom. The van der Waals surface area contributed by atoms with Crippen molar-refractivity contribution in [3.05, 3.63) is 83.7 Å². The number of aliphatic hydroxyl groups excluding tert-OH is 1. The van der Waals surface area contributed by atoms with E-state index in [4.69, 9.17) is 9.57 Å². The van der Waals surface area contributed by atoms with E-state index in [0.717, 1.165) is 29.8 Å². The summed E-state index contributed by atoms with van der Waals surface area (Å²) >= 11 is 0. The molecule has 1 aliphatic rings. The molecule has 0 radical (unpaired) electrons. The first-order valence-corrected chi connectivity index (χ1v) is 11.3. The first-order chi connectivity index (χ1) is 16.5. The zero-order valence-electron chi connectivity index (χ0n) is 19.6. The van der Waals surface area contributed by atoms with Crippen molar-refractivity contribution in [1.29, 1.82) is 0 Å². The summed E-state index contributed by atoms with van der Waals surface area (Å²) in [4.78, 5) is 12.0. The summed E-state index contributed by atoms with van der Waals surface area (Å²) in [5.41, 5.74) is 2.18. The molecular formula is C26H29FN4O3. The van der Waals surface area contributed by atoms with E-state index in [9.17, 15) is 9.50 Å². The molecular weight excluding hydrogens is 435 g/mol. The van der Waals surface area contributed by atoms with Crippen LogP contribution in [0.1, 0.15) is 36.6 Å². The fourth-order valence-corrected chi connectivity index (χ4v) is 4.00. The summed E-state index contributed by atoms with van der Waals surface area (Å²) in [6.45, 7) is 4.33. The van der Waals surface area contributed by atoms with Gasteiger partial charge in [0.1, 0.15) is 18.2 Å². The second-order valence-electron chi connectivity index (χ2n) is 8.18. The Morgan fingerprint density at radius 2 is 1.97 bits per heavy atom. The molecule has 0 amide bonds. The molecule has 1 N–H and O–H groups in total. The molecule has 1 aliphatic heterocycles. The van der Waals surface area contributed by atoms with Crippen LogP contribution in [-0.2, 0) is 10.6 Å². The minimum atomic E-state index is -1.19. The zero-order chi connectivity index (χ0) is 24.1. The quantitative estimate of drug-likeness (QED) is 0.500. The molecule has 0 saturated carbocycles. The van der Waals surface area contributed by atoms with E-state index < -0.39 is 5.72 Å². The monoisotopic (exact) mass is 464 g/mol. The number of halogens is 1. The van der Waals surface area contributed by atoms with Crippen LogP contribution in [-0.4, -0.2) is 45.7 Å². The molecule has 0 saturated heterocycles. The highest BCUT2D eigenvalue weighted by molar-refractivity contribution is 5.97. The molecule has 7 nitrogen and oxygen atoms in total. The third-order valence-corrected chi connectivity index (χ3v) is 5.87. The lowest BCUT2D eigenvalue weighted by atomic mass is 10.0. The van der Waals surface area contributed by atoms with Crippen molar-refractivity contribution in [3.8, 4) is 11.4 Å². The lowest BCUT2D eigenvalue weighted by Gasteiger charge is -2.35. The molecule has 3 aromatic rings. The van der Waals surface area contributed by atoms with Crippen molar-refractivity contribution >= 4 is 11.9 Å². The number of rotatable bonds is 9. The van der Waals surface area contributed by atoms with E-state index in [0.29, 0.717) is 23.7 Å². The molecule has 4 rings (SSSR count). The number of aliphatic hydroxyl groups is 1. The van der Waals surface area contributed by atoms with Crippen molar-refractivity contribution in [2.45, 2.75) is 32.4 Å². The standard InChI is InChI=1S/C26H29FN4O3/c1-4-5-14-31-25(29-34-26(31,17-32)21-8-10-22(27)11-9-21)13-7-20-6-12-23(24(15-20)33-3)30-16-19(2)28-18-30/h6-13,15-16,18,32H,4-5,14,17H2,1-3H3/b13-7+. The van der Waals surface area contributed by atoms with Gasteiger partial charge in [-0.1, -0.05) is 30.6 Å². The molecule has 0 fully saturated rings. The number of aryl methyl sites for hydroxylation is 1. The highest BCUT2D eigenvalue weighted by Gasteiger charge is 2.46. The summed E-state index contributed by atoms with van der Waals surface area (Å²) in [6, 6.07) is 11.8. The van der Waals surface area contributed by atoms with Gasteiger partial charge in [-0.05, 0) is 61.4 Å². The minimum Gasteiger partial charge on any atom is -0.495 e. The van der Waals surface area contributed by atoms with Crippen LogP contribution in [0.25, 0.3) is 11.8 Å². The second kappa shape index (κ2) is 10.1. The highest BCUT2D eigenvalue weighted by Crippen LogP contribution is 2.36. The van der Waals surface area contributed by atoms with Crippen molar-refractivity contribution in [2.24, 2.45) is 5.16 Å². The largest absolute Gasteiger partial charge is 0.495 e. The predicted molar refractivity (Wildman–Crippen MR) is 129 cm³/mol. The summed E-state index contributed by atoms with van der Waals surface area (Å²) < 4.78 is 21.0. The number of amidine groups is 1. The fraction of sp³-hybridized carbons (Fsp3) is 0.308. The smallest absolute Gasteiger partial charge is 0.260 e. The maximum Gasteiger partial charge on any atom is 0.260 e. The van der Waals surface area contributed by atoms with Crippen LogP contribution in [0, 0.1) is 12.7 Å². The maximum atomic E-state index is 13.5. The average molecular weight is 465 g/mol. The molecule has 34 heavy (non-hydrogen) atoms. The fourth-order valence-electron chi connectivity index (χ4n) is 4.00. The SMILES string of the molecule is CCCCN1C(/C=C/c2ccc(-n3cnc(C)c3)c(OC)c2)=NOC1(CO)c1ccc(F)cc1. The van der Waals surface area contributed by atoms with Crippen LogP contribution in [0.3, 0.4) is 0 Å². The van der Waals surface area contributed by atoms with Gasteiger partial charge in [-0.3, -0.25) is 0 Å². The molecule has 2 heterocycles. The van der Waals surface area contributed by atoms with Gasteiger partial charge in [0, 0.05) is 18.3 Å². The number of unbranched alkanes of at least 4 members (excludes halogenated alkanes) is 1. The first-order valence-electron chi connectivity index (χ1n) is 11.3. The summed E-state index contributed by atoms with van der Waals surface area (Å²) in [7, 11) is 1.63. The van der Waals surface area contributed by atoms with E-state index in [2.05, 4.69) is 17.1 Å². The number of nitrogens with zero attached hydrogens (tertiary/aromatic N) is 4. The molecule has 1 aromatic heterocycles.